The molecule has 0 aromatic carbocycles. The second kappa shape index (κ2) is 7.05. The molecule has 0 aliphatic rings. The lowest BCUT2D eigenvalue weighted by Gasteiger charge is -2.08. The number of hydrogen-bond acceptors (Lipinski definition) is 6. The summed E-state index contributed by atoms with van der Waals surface area (Å²) in [7, 11) is 1.89. The Kier molecular flexibility index (Phi) is 5.38. The minimum Gasteiger partial charge on any atom is -0.322 e. The topological polar surface area (TPSA) is 73.5 Å². The normalized spacial score (nSPS) is 11.4. The molecule has 2 rings (SSSR count). The number of tetrazole rings is 1. The number of hydrogen-bond donors (Lipinski definition) is 1. The van der Waals surface area contributed by atoms with Crippen molar-refractivity contribution in [3.8, 4) is 0 Å². The van der Waals surface area contributed by atoms with E-state index in [9.17, 15) is 0 Å². The van der Waals surface area contributed by atoms with E-state index in [-0.39, 0.29) is 0 Å². The maximum Gasteiger partial charge on any atom is 0.209 e. The zero-order valence-electron chi connectivity index (χ0n) is 11.7. The summed E-state index contributed by atoms with van der Waals surface area (Å²) in [6.45, 7) is 5.81. The summed E-state index contributed by atoms with van der Waals surface area (Å²) in [5.74, 6) is 1.58. The van der Waals surface area contributed by atoms with Gasteiger partial charge in [0.05, 0.1) is 18.5 Å². The Labute approximate surface area is 127 Å². The number of aromatic nitrogens is 6. The van der Waals surface area contributed by atoms with Crippen LogP contribution in [0, 0.1) is 0 Å². The second-order valence-corrected chi connectivity index (χ2v) is 5.97. The van der Waals surface area contributed by atoms with E-state index in [1.165, 1.54) is 0 Å². The molecular formula is C11H18ClN7S. The summed E-state index contributed by atoms with van der Waals surface area (Å²) >= 11 is 7.51. The van der Waals surface area contributed by atoms with Gasteiger partial charge in [-0.1, -0.05) is 37.2 Å². The molecule has 2 aromatic heterocycles. The predicted molar refractivity (Wildman–Crippen MR) is 78.7 cm³/mol. The molecule has 0 unspecified atom stereocenters. The van der Waals surface area contributed by atoms with E-state index in [1.807, 2.05) is 11.6 Å². The Morgan fingerprint density at radius 2 is 2.25 bits per heavy atom. The SMILES string of the molecule is CC(C)NCCn1nnnc1SCc1ncc(Cl)n1C. The Hall–Kier alpha value is -1.12. The van der Waals surface area contributed by atoms with Crippen LogP contribution in [0.15, 0.2) is 11.4 Å². The Morgan fingerprint density at radius 3 is 2.90 bits per heavy atom. The van der Waals surface area contributed by atoms with Gasteiger partial charge >= 0.3 is 0 Å². The summed E-state index contributed by atoms with van der Waals surface area (Å²) in [6, 6.07) is 0.456. The van der Waals surface area contributed by atoms with Gasteiger partial charge in [0, 0.05) is 19.6 Å². The number of thioether (sulfide) groups is 1. The highest BCUT2D eigenvalue weighted by atomic mass is 35.5. The molecule has 9 heteroatoms. The first-order valence-electron chi connectivity index (χ1n) is 6.36. The molecule has 2 heterocycles. The quantitative estimate of drug-likeness (QED) is 0.778. The lowest BCUT2D eigenvalue weighted by atomic mass is 10.4. The summed E-state index contributed by atoms with van der Waals surface area (Å²) in [5.41, 5.74) is 0. The van der Waals surface area contributed by atoms with Gasteiger partial charge in [-0.2, -0.15) is 0 Å². The van der Waals surface area contributed by atoms with Gasteiger partial charge in [-0.15, -0.1) is 5.10 Å². The molecule has 20 heavy (non-hydrogen) atoms. The Morgan fingerprint density at radius 1 is 1.45 bits per heavy atom. The van der Waals surface area contributed by atoms with Crippen molar-refractivity contribution in [1.29, 1.82) is 0 Å². The molecule has 2 aromatic rings. The minimum absolute atomic E-state index is 0.456. The van der Waals surface area contributed by atoms with Crippen molar-refractivity contribution in [1.82, 2.24) is 35.1 Å². The van der Waals surface area contributed by atoms with Gasteiger partial charge in [0.25, 0.3) is 0 Å². The first-order chi connectivity index (χ1) is 9.58. The van der Waals surface area contributed by atoms with Gasteiger partial charge in [-0.25, -0.2) is 9.67 Å². The van der Waals surface area contributed by atoms with Crippen molar-refractivity contribution in [2.75, 3.05) is 6.54 Å². The average molecular weight is 316 g/mol. The molecule has 0 bridgehead atoms. The van der Waals surface area contributed by atoms with Crippen LogP contribution in [0.1, 0.15) is 19.7 Å². The molecule has 0 saturated carbocycles. The molecule has 1 N–H and O–H groups in total. The minimum atomic E-state index is 0.456. The fraction of sp³-hybridized carbons (Fsp3) is 0.636. The molecule has 0 atom stereocenters. The number of imidazole rings is 1. The highest BCUT2D eigenvalue weighted by molar-refractivity contribution is 7.98. The van der Waals surface area contributed by atoms with Crippen LogP contribution in [0.3, 0.4) is 0 Å². The first kappa shape index (κ1) is 15.3. The van der Waals surface area contributed by atoms with Crippen LogP contribution in [0.2, 0.25) is 5.15 Å². The van der Waals surface area contributed by atoms with Crippen LogP contribution in [-0.4, -0.2) is 42.3 Å². The maximum atomic E-state index is 5.96. The summed E-state index contributed by atoms with van der Waals surface area (Å²) in [6.07, 6.45) is 1.65. The molecule has 0 saturated heterocycles. The van der Waals surface area contributed by atoms with Crippen LogP contribution in [-0.2, 0) is 19.3 Å². The summed E-state index contributed by atoms with van der Waals surface area (Å²) < 4.78 is 3.65. The Balaban J connectivity index is 1.90. The lowest BCUT2D eigenvalue weighted by molar-refractivity contribution is 0.485. The van der Waals surface area contributed by atoms with Crippen LogP contribution < -0.4 is 5.32 Å². The van der Waals surface area contributed by atoms with Gasteiger partial charge in [0.1, 0.15) is 11.0 Å². The van der Waals surface area contributed by atoms with Gasteiger partial charge < -0.3 is 9.88 Å². The number of nitrogens with zero attached hydrogens (tertiary/aromatic N) is 6. The van der Waals surface area contributed by atoms with E-state index in [1.54, 1.807) is 22.6 Å². The van der Waals surface area contributed by atoms with Crippen LogP contribution in [0.4, 0.5) is 0 Å². The maximum absolute atomic E-state index is 5.96. The molecule has 0 fully saturated rings. The van der Waals surface area contributed by atoms with E-state index in [0.29, 0.717) is 16.9 Å². The van der Waals surface area contributed by atoms with Crippen molar-refractivity contribution >= 4 is 23.4 Å². The van der Waals surface area contributed by atoms with E-state index in [2.05, 4.69) is 39.7 Å². The third-order valence-electron chi connectivity index (χ3n) is 2.73. The lowest BCUT2D eigenvalue weighted by Crippen LogP contribution is -2.27. The average Bonchev–Trinajstić information content (AvgIpc) is 2.96. The fourth-order valence-electron chi connectivity index (χ4n) is 1.59. The molecule has 0 amide bonds. The zero-order chi connectivity index (χ0) is 14.5. The number of rotatable bonds is 7. The van der Waals surface area contributed by atoms with Crippen molar-refractivity contribution in [2.24, 2.45) is 7.05 Å². The molecule has 0 aliphatic heterocycles. The van der Waals surface area contributed by atoms with Crippen LogP contribution in [0.5, 0.6) is 0 Å². The van der Waals surface area contributed by atoms with E-state index >= 15 is 0 Å². The van der Waals surface area contributed by atoms with Gasteiger partial charge in [0.15, 0.2) is 0 Å². The van der Waals surface area contributed by atoms with Crippen LogP contribution >= 0.6 is 23.4 Å². The molecule has 7 nitrogen and oxygen atoms in total. The van der Waals surface area contributed by atoms with Crippen LogP contribution in [0.25, 0.3) is 0 Å². The standard InChI is InChI=1S/C11H18ClN7S/c1-8(2)13-4-5-19-11(15-16-17-19)20-7-10-14-6-9(12)18(10)3/h6,8,13H,4-5,7H2,1-3H3. The van der Waals surface area contributed by atoms with E-state index in [4.69, 9.17) is 11.6 Å². The predicted octanol–water partition coefficient (Wildman–Crippen LogP) is 1.35. The van der Waals surface area contributed by atoms with Crippen molar-refractivity contribution in [3.05, 3.63) is 17.2 Å². The van der Waals surface area contributed by atoms with Gasteiger partial charge in [-0.05, 0) is 10.4 Å². The first-order valence-corrected chi connectivity index (χ1v) is 7.72. The third-order valence-corrected chi connectivity index (χ3v) is 4.04. The highest BCUT2D eigenvalue weighted by Crippen LogP contribution is 2.20. The van der Waals surface area contributed by atoms with Gasteiger partial charge in [0.2, 0.25) is 5.16 Å². The van der Waals surface area contributed by atoms with E-state index in [0.717, 1.165) is 24.1 Å². The zero-order valence-corrected chi connectivity index (χ0v) is 13.3. The third kappa shape index (κ3) is 3.94. The second-order valence-electron chi connectivity index (χ2n) is 4.64. The van der Waals surface area contributed by atoms with Crippen molar-refractivity contribution in [2.45, 2.75) is 37.3 Å². The summed E-state index contributed by atoms with van der Waals surface area (Å²) in [5, 5.41) is 16.5. The smallest absolute Gasteiger partial charge is 0.209 e. The number of halogens is 1. The molecule has 0 aliphatic carbocycles. The van der Waals surface area contributed by atoms with Gasteiger partial charge in [-0.3, -0.25) is 0 Å². The van der Waals surface area contributed by atoms with E-state index < -0.39 is 0 Å². The largest absolute Gasteiger partial charge is 0.322 e. The Bertz CT molecular complexity index is 551. The summed E-state index contributed by atoms with van der Waals surface area (Å²) in [4.78, 5) is 4.25. The monoisotopic (exact) mass is 315 g/mol. The molecular weight excluding hydrogens is 298 g/mol. The molecule has 0 radical (unpaired) electrons. The highest BCUT2D eigenvalue weighted by Gasteiger charge is 2.10. The molecule has 110 valence electrons. The number of nitrogens with one attached hydrogen (secondary N) is 1. The van der Waals surface area contributed by atoms with Crippen molar-refractivity contribution < 1.29 is 0 Å². The molecule has 0 spiro atoms. The van der Waals surface area contributed by atoms with Crippen molar-refractivity contribution in [3.63, 3.8) is 0 Å². The fourth-order valence-corrected chi connectivity index (χ4v) is 2.63.